The van der Waals surface area contributed by atoms with Crippen molar-refractivity contribution in [3.8, 4) is 0 Å². The van der Waals surface area contributed by atoms with Crippen molar-refractivity contribution >= 4 is 11.9 Å². The molecule has 0 bridgehead atoms. The topological polar surface area (TPSA) is 68.8 Å². The van der Waals surface area contributed by atoms with Gasteiger partial charge in [-0.05, 0) is 24.6 Å². The third-order valence-electron chi connectivity index (χ3n) is 5.71. The number of nitrogens with two attached hydrogens (primary N) is 1. The average molecular weight is 462 g/mol. The Kier molecular flexibility index (Phi) is 5.25. The second kappa shape index (κ2) is 7.69. The van der Waals surface area contributed by atoms with Crippen LogP contribution in [-0.2, 0) is 22.6 Å². The lowest BCUT2D eigenvalue weighted by Gasteiger charge is -2.44. The first-order chi connectivity index (χ1) is 14.7. The van der Waals surface area contributed by atoms with Crippen LogP contribution in [0.4, 0.5) is 22.0 Å². The Hall–Kier alpha value is -1.73. The lowest BCUT2D eigenvalue weighted by Crippen LogP contribution is -2.58. The average Bonchev–Trinajstić information content (AvgIpc) is 3.29. The van der Waals surface area contributed by atoms with E-state index in [0.717, 1.165) is 23.8 Å². The molecule has 0 saturated carbocycles. The van der Waals surface area contributed by atoms with E-state index in [1.54, 1.807) is 15.2 Å². The molecule has 2 fully saturated rings. The van der Waals surface area contributed by atoms with Crippen LogP contribution in [0.2, 0.25) is 0 Å². The molecule has 0 aliphatic carbocycles. The van der Waals surface area contributed by atoms with Gasteiger partial charge in [-0.2, -0.15) is 18.3 Å². The number of hydrogen-bond donors (Lipinski definition) is 1. The van der Waals surface area contributed by atoms with Crippen molar-refractivity contribution in [1.29, 1.82) is 0 Å². The molecule has 6 nitrogen and oxygen atoms in total. The highest BCUT2D eigenvalue weighted by molar-refractivity contribution is 7.98. The lowest BCUT2D eigenvalue weighted by molar-refractivity contribution is -0.269. The number of nitrogens with zero attached hydrogens (tertiary/aromatic N) is 3. The first kappa shape index (κ1) is 21.1. The number of alkyl halides is 3. The number of rotatable bonds is 4. The van der Waals surface area contributed by atoms with E-state index in [4.69, 9.17) is 15.2 Å². The fourth-order valence-electron chi connectivity index (χ4n) is 4.21. The van der Waals surface area contributed by atoms with Crippen LogP contribution in [0, 0.1) is 11.6 Å². The summed E-state index contributed by atoms with van der Waals surface area (Å²) in [5, 5.41) is 4.42. The monoisotopic (exact) mass is 462 g/mol. The summed E-state index contributed by atoms with van der Waals surface area (Å²) < 4.78 is 81.7. The molecule has 31 heavy (non-hydrogen) atoms. The van der Waals surface area contributed by atoms with Gasteiger partial charge in [0.1, 0.15) is 23.2 Å². The van der Waals surface area contributed by atoms with Crippen LogP contribution in [0.1, 0.15) is 29.3 Å². The van der Waals surface area contributed by atoms with Crippen LogP contribution in [0.5, 0.6) is 0 Å². The fraction of sp³-hybridized carbons (Fsp3) is 0.526. The van der Waals surface area contributed by atoms with E-state index in [1.807, 2.05) is 0 Å². The Morgan fingerprint density at radius 2 is 1.97 bits per heavy atom. The van der Waals surface area contributed by atoms with Crippen molar-refractivity contribution in [2.24, 2.45) is 5.73 Å². The molecule has 2 saturated heterocycles. The predicted octanol–water partition coefficient (Wildman–Crippen LogP) is 3.12. The van der Waals surface area contributed by atoms with Crippen LogP contribution in [0.3, 0.4) is 0 Å². The van der Waals surface area contributed by atoms with Gasteiger partial charge in [-0.1, -0.05) is 0 Å². The summed E-state index contributed by atoms with van der Waals surface area (Å²) in [5.74, 6) is -1.62. The molecule has 0 spiro atoms. The maximum absolute atomic E-state index is 14.2. The minimum Gasteiger partial charge on any atom is -0.360 e. The number of epoxide rings is 1. The molecule has 4 heterocycles. The van der Waals surface area contributed by atoms with Crippen molar-refractivity contribution in [2.75, 3.05) is 6.61 Å². The second-order valence-electron chi connectivity index (χ2n) is 7.93. The molecule has 4 unspecified atom stereocenters. The molecule has 1 aromatic carbocycles. The molecule has 5 atom stereocenters. The minimum atomic E-state index is -4.70. The quantitative estimate of drug-likeness (QED) is 0.557. The second-order valence-corrected chi connectivity index (χ2v) is 9.04. The summed E-state index contributed by atoms with van der Waals surface area (Å²) in [5.41, 5.74) is 7.40. The first-order valence-corrected chi connectivity index (χ1v) is 10.6. The van der Waals surface area contributed by atoms with Gasteiger partial charge in [-0.15, -0.1) is 0 Å². The van der Waals surface area contributed by atoms with Gasteiger partial charge in [0.05, 0.1) is 12.3 Å². The Labute approximate surface area is 178 Å². The van der Waals surface area contributed by atoms with Crippen LogP contribution >= 0.6 is 11.9 Å². The first-order valence-electron chi connectivity index (χ1n) is 9.72. The number of benzene rings is 1. The lowest BCUT2D eigenvalue weighted by atomic mass is 9.89. The van der Waals surface area contributed by atoms with E-state index in [9.17, 15) is 22.0 Å². The zero-order chi connectivity index (χ0) is 21.9. The number of ether oxygens (including phenoxy) is 2. The third-order valence-corrected chi connectivity index (χ3v) is 6.62. The molecule has 2 aromatic rings. The van der Waals surface area contributed by atoms with Gasteiger partial charge in [0.15, 0.2) is 6.10 Å². The van der Waals surface area contributed by atoms with Crippen molar-refractivity contribution < 1.29 is 31.4 Å². The van der Waals surface area contributed by atoms with Gasteiger partial charge in [0.25, 0.3) is 0 Å². The van der Waals surface area contributed by atoms with E-state index in [2.05, 4.69) is 5.10 Å². The molecule has 12 heteroatoms. The smallest absolute Gasteiger partial charge is 0.360 e. The highest BCUT2D eigenvalue weighted by atomic mass is 32.2. The summed E-state index contributed by atoms with van der Waals surface area (Å²) in [4.78, 5) is 1.64. The van der Waals surface area contributed by atoms with Crippen LogP contribution in [0.15, 0.2) is 24.4 Å². The Morgan fingerprint density at radius 1 is 1.19 bits per heavy atom. The van der Waals surface area contributed by atoms with Crippen LogP contribution in [0.25, 0.3) is 0 Å². The molecule has 168 valence electrons. The molecule has 1 aromatic heterocycles. The molecular formula is C19H19F5N4O2S. The normalized spacial score (nSPS) is 31.1. The van der Waals surface area contributed by atoms with E-state index >= 15 is 0 Å². The van der Waals surface area contributed by atoms with Gasteiger partial charge in [0, 0.05) is 54.4 Å². The van der Waals surface area contributed by atoms with E-state index in [-0.39, 0.29) is 30.5 Å². The molecule has 3 aliphatic heterocycles. The predicted molar refractivity (Wildman–Crippen MR) is 101 cm³/mol. The summed E-state index contributed by atoms with van der Waals surface area (Å²) in [6.07, 6.45) is -6.59. The Morgan fingerprint density at radius 3 is 2.65 bits per heavy atom. The van der Waals surface area contributed by atoms with E-state index in [0.29, 0.717) is 12.3 Å². The SMILES string of the molecule is NC1CC(N2Cc3cn(SC4CO4)nc3C2)C(C(F)(F)F)O[C@@H]1c1cc(F)ccc1F. The fourth-order valence-corrected chi connectivity index (χ4v) is 4.98. The van der Waals surface area contributed by atoms with Crippen molar-refractivity contribution in [2.45, 2.75) is 55.4 Å². The highest BCUT2D eigenvalue weighted by Gasteiger charge is 2.54. The maximum Gasteiger partial charge on any atom is 0.416 e. The van der Waals surface area contributed by atoms with Gasteiger partial charge in [-0.25, -0.2) is 12.9 Å². The Bertz CT molecular complexity index is 959. The number of hydrogen-bond acceptors (Lipinski definition) is 6. The molecule has 3 aliphatic rings. The molecular weight excluding hydrogens is 443 g/mol. The maximum atomic E-state index is 14.2. The van der Waals surface area contributed by atoms with Crippen LogP contribution in [-0.4, -0.2) is 50.5 Å². The standard InChI is InChI=1S/C19H19F5N4O2S/c20-10-1-2-12(21)11(3-10)17-13(25)4-15(18(30-17)19(22,23)24)27-5-9-6-28(26-14(9)7-27)31-16-8-29-16/h1-3,6,13,15-18H,4-5,7-8,25H2/t13?,15?,16?,17-,18?/m1/s1. The number of halogens is 5. The number of aromatic nitrogens is 2. The number of fused-ring (bicyclic) bond motifs is 1. The third kappa shape index (κ3) is 4.19. The van der Waals surface area contributed by atoms with Gasteiger partial charge in [-0.3, -0.25) is 4.90 Å². The van der Waals surface area contributed by atoms with Gasteiger partial charge in [0.2, 0.25) is 0 Å². The van der Waals surface area contributed by atoms with Crippen molar-refractivity contribution in [3.63, 3.8) is 0 Å². The van der Waals surface area contributed by atoms with Gasteiger partial charge >= 0.3 is 6.18 Å². The van der Waals surface area contributed by atoms with E-state index < -0.39 is 42.1 Å². The zero-order valence-corrected chi connectivity index (χ0v) is 16.9. The molecule has 2 N–H and O–H groups in total. The van der Waals surface area contributed by atoms with Crippen molar-refractivity contribution in [3.05, 3.63) is 52.9 Å². The van der Waals surface area contributed by atoms with Crippen LogP contribution < -0.4 is 5.73 Å². The highest BCUT2D eigenvalue weighted by Crippen LogP contribution is 2.42. The summed E-state index contributed by atoms with van der Waals surface area (Å²) in [6, 6.07) is 0.591. The summed E-state index contributed by atoms with van der Waals surface area (Å²) in [6.45, 7) is 1.15. The summed E-state index contributed by atoms with van der Waals surface area (Å²) in [7, 11) is 0. The minimum absolute atomic E-state index is 0.0654. The van der Waals surface area contributed by atoms with E-state index in [1.165, 1.54) is 11.9 Å². The zero-order valence-electron chi connectivity index (χ0n) is 16.1. The molecule has 0 amide bonds. The molecule has 0 radical (unpaired) electrons. The largest absolute Gasteiger partial charge is 0.416 e. The Balaban J connectivity index is 1.36. The molecule has 5 rings (SSSR count). The van der Waals surface area contributed by atoms with Gasteiger partial charge < -0.3 is 15.2 Å². The van der Waals surface area contributed by atoms with Crippen molar-refractivity contribution in [1.82, 2.24) is 14.1 Å². The summed E-state index contributed by atoms with van der Waals surface area (Å²) >= 11 is 1.41.